The summed E-state index contributed by atoms with van der Waals surface area (Å²) in [5, 5.41) is 0. The molecule has 0 bridgehead atoms. The van der Waals surface area contributed by atoms with Crippen LogP contribution in [0.25, 0.3) is 0 Å². The first-order valence-electron chi connectivity index (χ1n) is 7.27. The van der Waals surface area contributed by atoms with Crippen molar-refractivity contribution in [2.75, 3.05) is 5.75 Å². The molecule has 5 heteroatoms. The molecule has 19 heavy (non-hydrogen) atoms. The van der Waals surface area contributed by atoms with Crippen LogP contribution in [0.2, 0.25) is 0 Å². The van der Waals surface area contributed by atoms with Crippen molar-refractivity contribution in [2.24, 2.45) is 5.92 Å². The molecule has 0 spiro atoms. The molecular weight excluding hydrogens is 262 g/mol. The van der Waals surface area contributed by atoms with Crippen LogP contribution >= 0.6 is 0 Å². The van der Waals surface area contributed by atoms with E-state index >= 15 is 0 Å². The van der Waals surface area contributed by atoms with E-state index in [1.807, 2.05) is 27.7 Å². The fourth-order valence-corrected chi connectivity index (χ4v) is 3.25. The van der Waals surface area contributed by atoms with Crippen LogP contribution in [0, 0.1) is 5.92 Å². The van der Waals surface area contributed by atoms with E-state index in [1.165, 1.54) is 0 Å². The van der Waals surface area contributed by atoms with Gasteiger partial charge in [-0.3, -0.25) is 4.79 Å². The van der Waals surface area contributed by atoms with Gasteiger partial charge in [-0.05, 0) is 26.7 Å². The molecule has 0 aromatic heterocycles. The third-order valence-corrected chi connectivity index (χ3v) is 4.55. The maximum Gasteiger partial charge on any atom is 0.211 e. The van der Waals surface area contributed by atoms with E-state index in [0.717, 1.165) is 25.7 Å². The fraction of sp³-hybridized carbons (Fsp3) is 0.929. The number of hydrogen-bond donors (Lipinski definition) is 1. The quantitative estimate of drug-likeness (QED) is 0.595. The maximum absolute atomic E-state index is 11.5. The number of sulfonamides is 1. The first kappa shape index (κ1) is 18.6. The molecule has 0 fully saturated rings. The molecule has 0 aromatic carbocycles. The van der Waals surface area contributed by atoms with Gasteiger partial charge in [0.15, 0.2) is 0 Å². The lowest BCUT2D eigenvalue weighted by atomic mass is 10.0. The summed E-state index contributed by atoms with van der Waals surface area (Å²) < 4.78 is 25.7. The number of Topliss-reactive ketones (excluding diaryl/α,β-unsaturated/α-hetero) is 1. The predicted molar refractivity (Wildman–Crippen MR) is 79.6 cm³/mol. The third-order valence-electron chi connectivity index (χ3n) is 2.90. The number of ketones is 1. The zero-order chi connectivity index (χ0) is 14.9. The molecule has 0 aromatic rings. The van der Waals surface area contributed by atoms with E-state index in [4.69, 9.17) is 0 Å². The molecular formula is C14H29NO3S. The second kappa shape index (κ2) is 9.48. The molecule has 0 aliphatic carbocycles. The zero-order valence-electron chi connectivity index (χ0n) is 12.7. The van der Waals surface area contributed by atoms with Crippen LogP contribution in [0.4, 0.5) is 0 Å². The van der Waals surface area contributed by atoms with Crippen LogP contribution in [0.3, 0.4) is 0 Å². The summed E-state index contributed by atoms with van der Waals surface area (Å²) in [6.07, 6.45) is 5.20. The van der Waals surface area contributed by atoms with E-state index < -0.39 is 10.0 Å². The van der Waals surface area contributed by atoms with Crippen LogP contribution in [0.15, 0.2) is 0 Å². The van der Waals surface area contributed by atoms with Crippen LogP contribution in [-0.2, 0) is 14.8 Å². The van der Waals surface area contributed by atoms with Crippen molar-refractivity contribution in [1.82, 2.24) is 4.72 Å². The molecule has 0 aliphatic rings. The Morgan fingerprint density at radius 3 is 2.00 bits per heavy atom. The number of unbranched alkanes of at least 4 members (excludes halogenated alkanes) is 4. The molecule has 0 heterocycles. The Kier molecular flexibility index (Phi) is 9.27. The van der Waals surface area contributed by atoms with E-state index in [9.17, 15) is 13.2 Å². The highest BCUT2D eigenvalue weighted by Gasteiger charge is 2.11. The molecule has 0 atom stereocenters. The minimum atomic E-state index is -3.10. The Morgan fingerprint density at radius 1 is 0.947 bits per heavy atom. The monoisotopic (exact) mass is 291 g/mol. The van der Waals surface area contributed by atoms with Gasteiger partial charge in [-0.25, -0.2) is 13.1 Å². The normalized spacial score (nSPS) is 12.3. The van der Waals surface area contributed by atoms with Crippen molar-refractivity contribution >= 4 is 15.8 Å². The van der Waals surface area contributed by atoms with Gasteiger partial charge in [0, 0.05) is 18.4 Å². The first-order valence-corrected chi connectivity index (χ1v) is 8.92. The second-order valence-electron chi connectivity index (χ2n) is 5.73. The third kappa shape index (κ3) is 11.1. The summed E-state index contributed by atoms with van der Waals surface area (Å²) in [6, 6.07) is -0.0351. The summed E-state index contributed by atoms with van der Waals surface area (Å²) in [4.78, 5) is 11.4. The largest absolute Gasteiger partial charge is 0.299 e. The molecule has 0 saturated heterocycles. The Hall–Kier alpha value is -0.420. The van der Waals surface area contributed by atoms with Gasteiger partial charge in [0.1, 0.15) is 5.78 Å². The summed E-state index contributed by atoms with van der Waals surface area (Å²) >= 11 is 0. The lowest BCUT2D eigenvalue weighted by Crippen LogP contribution is -2.32. The molecule has 0 aliphatic heterocycles. The predicted octanol–water partition coefficient (Wildman–Crippen LogP) is 2.88. The summed E-state index contributed by atoms with van der Waals surface area (Å²) in [5.74, 6) is 0.659. The fourth-order valence-electron chi connectivity index (χ4n) is 1.83. The number of nitrogens with one attached hydrogen (secondary N) is 1. The van der Waals surface area contributed by atoms with E-state index in [0.29, 0.717) is 18.6 Å². The van der Waals surface area contributed by atoms with Crippen molar-refractivity contribution in [3.05, 3.63) is 0 Å². The van der Waals surface area contributed by atoms with Gasteiger partial charge in [0.25, 0.3) is 0 Å². The minimum Gasteiger partial charge on any atom is -0.299 e. The Labute approximate surface area is 118 Å². The standard InChI is InChI=1S/C14H29NO3S/c1-12(2)14(16)10-8-6-5-7-9-11-19(17,18)15-13(3)4/h12-13,15H,5-11H2,1-4H3. The van der Waals surface area contributed by atoms with Crippen LogP contribution < -0.4 is 4.72 Å². The summed E-state index contributed by atoms with van der Waals surface area (Å²) in [5.41, 5.74) is 0. The van der Waals surface area contributed by atoms with Crippen LogP contribution in [-0.4, -0.2) is 26.0 Å². The topological polar surface area (TPSA) is 63.2 Å². The Morgan fingerprint density at radius 2 is 1.47 bits per heavy atom. The highest BCUT2D eigenvalue weighted by molar-refractivity contribution is 7.89. The average Bonchev–Trinajstić information content (AvgIpc) is 2.25. The average molecular weight is 291 g/mol. The Balaban J connectivity index is 3.53. The van der Waals surface area contributed by atoms with Crippen molar-refractivity contribution < 1.29 is 13.2 Å². The molecule has 114 valence electrons. The smallest absolute Gasteiger partial charge is 0.211 e. The molecule has 0 radical (unpaired) electrons. The van der Waals surface area contributed by atoms with E-state index in [-0.39, 0.29) is 17.7 Å². The summed E-state index contributed by atoms with van der Waals surface area (Å²) in [7, 11) is -3.10. The molecule has 1 N–H and O–H groups in total. The number of carbonyl (C=O) groups is 1. The highest BCUT2D eigenvalue weighted by Crippen LogP contribution is 2.09. The minimum absolute atomic E-state index is 0.0351. The van der Waals surface area contributed by atoms with Gasteiger partial charge >= 0.3 is 0 Å². The molecule has 4 nitrogen and oxygen atoms in total. The van der Waals surface area contributed by atoms with Gasteiger partial charge in [-0.1, -0.05) is 33.1 Å². The van der Waals surface area contributed by atoms with Crippen molar-refractivity contribution in [3.8, 4) is 0 Å². The zero-order valence-corrected chi connectivity index (χ0v) is 13.6. The number of hydrogen-bond acceptors (Lipinski definition) is 3. The van der Waals surface area contributed by atoms with E-state index in [2.05, 4.69) is 4.72 Å². The number of rotatable bonds is 11. The van der Waals surface area contributed by atoms with Crippen molar-refractivity contribution in [1.29, 1.82) is 0 Å². The number of carbonyl (C=O) groups excluding carboxylic acids is 1. The van der Waals surface area contributed by atoms with Crippen LogP contribution in [0.1, 0.15) is 66.2 Å². The SMILES string of the molecule is CC(C)NS(=O)(=O)CCCCCCCC(=O)C(C)C. The van der Waals surface area contributed by atoms with Gasteiger partial charge in [0.05, 0.1) is 5.75 Å². The second-order valence-corrected chi connectivity index (χ2v) is 7.60. The van der Waals surface area contributed by atoms with Gasteiger partial charge < -0.3 is 0 Å². The summed E-state index contributed by atoms with van der Waals surface area (Å²) in [6.45, 7) is 7.50. The Bertz CT molecular complexity index is 348. The first-order chi connectivity index (χ1) is 8.74. The van der Waals surface area contributed by atoms with Gasteiger partial charge in [-0.2, -0.15) is 0 Å². The van der Waals surface area contributed by atoms with E-state index in [1.54, 1.807) is 0 Å². The lowest BCUT2D eigenvalue weighted by molar-refractivity contribution is -0.122. The van der Waals surface area contributed by atoms with Gasteiger partial charge in [0.2, 0.25) is 10.0 Å². The molecule has 0 saturated carbocycles. The van der Waals surface area contributed by atoms with Crippen molar-refractivity contribution in [2.45, 2.75) is 72.3 Å². The lowest BCUT2D eigenvalue weighted by Gasteiger charge is -2.09. The highest BCUT2D eigenvalue weighted by atomic mass is 32.2. The maximum atomic E-state index is 11.5. The molecule has 0 amide bonds. The van der Waals surface area contributed by atoms with Crippen LogP contribution in [0.5, 0.6) is 0 Å². The molecule has 0 rings (SSSR count). The van der Waals surface area contributed by atoms with Gasteiger partial charge in [-0.15, -0.1) is 0 Å². The molecule has 0 unspecified atom stereocenters. The van der Waals surface area contributed by atoms with Crippen molar-refractivity contribution in [3.63, 3.8) is 0 Å².